The molecule has 1 aliphatic rings. The van der Waals surface area contributed by atoms with E-state index in [2.05, 4.69) is 14.5 Å². The van der Waals surface area contributed by atoms with E-state index in [4.69, 9.17) is 11.6 Å². The third-order valence-electron chi connectivity index (χ3n) is 5.26. The van der Waals surface area contributed by atoms with Crippen LogP contribution in [0.25, 0.3) is 11.4 Å². The lowest BCUT2D eigenvalue weighted by Gasteiger charge is -2.34. The smallest absolute Gasteiger partial charge is 0.243 e. The predicted octanol–water partition coefficient (Wildman–Crippen LogP) is 3.35. The summed E-state index contributed by atoms with van der Waals surface area (Å²) in [5.74, 6) is 0.291. The number of piperazine rings is 1. The Labute approximate surface area is 180 Å². The highest BCUT2D eigenvalue weighted by molar-refractivity contribution is 7.89. The van der Waals surface area contributed by atoms with Gasteiger partial charge in [0.05, 0.1) is 9.92 Å². The molecule has 0 saturated carbocycles. The van der Waals surface area contributed by atoms with Crippen LogP contribution in [0, 0.1) is 5.82 Å². The number of halogens is 2. The molecule has 0 aliphatic carbocycles. The number of rotatable bonds is 6. The Kier molecular flexibility index (Phi) is 6.19. The van der Waals surface area contributed by atoms with E-state index in [-0.39, 0.29) is 9.92 Å². The first kappa shape index (κ1) is 21.0. The zero-order chi connectivity index (χ0) is 21.1. The molecule has 0 atom stereocenters. The van der Waals surface area contributed by atoms with Gasteiger partial charge in [0.15, 0.2) is 0 Å². The van der Waals surface area contributed by atoms with Gasteiger partial charge in [-0.05, 0) is 18.2 Å². The molecule has 4 rings (SSSR count). The maximum atomic E-state index is 13.4. The SMILES string of the molecule is O=S(=O)(c1ccc(F)c(Cl)c1)N1CCN(CCn2ccnc2-c2ccccc2)CC1. The molecule has 1 saturated heterocycles. The van der Waals surface area contributed by atoms with Gasteiger partial charge >= 0.3 is 0 Å². The van der Waals surface area contributed by atoms with Crippen LogP contribution in [0.5, 0.6) is 0 Å². The molecule has 1 fully saturated rings. The maximum absolute atomic E-state index is 13.4. The fraction of sp³-hybridized carbons (Fsp3) is 0.286. The summed E-state index contributed by atoms with van der Waals surface area (Å²) in [5.41, 5.74) is 1.07. The van der Waals surface area contributed by atoms with Gasteiger partial charge in [0, 0.05) is 57.2 Å². The molecule has 1 aromatic heterocycles. The van der Waals surface area contributed by atoms with Crippen LogP contribution < -0.4 is 0 Å². The molecule has 0 radical (unpaired) electrons. The van der Waals surface area contributed by atoms with Crippen molar-refractivity contribution in [2.75, 3.05) is 32.7 Å². The van der Waals surface area contributed by atoms with Gasteiger partial charge in [-0.15, -0.1) is 0 Å². The highest BCUT2D eigenvalue weighted by Gasteiger charge is 2.29. The van der Waals surface area contributed by atoms with Gasteiger partial charge in [0.2, 0.25) is 10.0 Å². The van der Waals surface area contributed by atoms with Crippen molar-refractivity contribution < 1.29 is 12.8 Å². The second kappa shape index (κ2) is 8.85. The van der Waals surface area contributed by atoms with Crippen molar-refractivity contribution in [3.8, 4) is 11.4 Å². The van der Waals surface area contributed by atoms with Crippen molar-refractivity contribution in [3.63, 3.8) is 0 Å². The Hall–Kier alpha value is -2.26. The Balaban J connectivity index is 1.36. The number of benzene rings is 2. The molecule has 1 aliphatic heterocycles. The highest BCUT2D eigenvalue weighted by Crippen LogP contribution is 2.23. The van der Waals surface area contributed by atoms with E-state index in [1.165, 1.54) is 16.4 Å². The van der Waals surface area contributed by atoms with E-state index < -0.39 is 15.8 Å². The van der Waals surface area contributed by atoms with E-state index >= 15 is 0 Å². The average molecular weight is 449 g/mol. The fourth-order valence-electron chi connectivity index (χ4n) is 3.57. The summed E-state index contributed by atoms with van der Waals surface area (Å²) in [7, 11) is -3.69. The molecule has 0 amide bonds. The highest BCUT2D eigenvalue weighted by atomic mass is 35.5. The minimum Gasteiger partial charge on any atom is -0.330 e. The first-order valence-electron chi connectivity index (χ1n) is 9.69. The first-order chi connectivity index (χ1) is 14.4. The second-order valence-electron chi connectivity index (χ2n) is 7.13. The maximum Gasteiger partial charge on any atom is 0.243 e. The van der Waals surface area contributed by atoms with E-state index in [1.807, 2.05) is 36.5 Å². The van der Waals surface area contributed by atoms with Crippen molar-refractivity contribution in [1.82, 2.24) is 18.8 Å². The Morgan fingerprint density at radius 2 is 1.73 bits per heavy atom. The van der Waals surface area contributed by atoms with Gasteiger partial charge in [0.1, 0.15) is 11.6 Å². The van der Waals surface area contributed by atoms with Gasteiger partial charge in [-0.3, -0.25) is 4.90 Å². The van der Waals surface area contributed by atoms with Crippen molar-refractivity contribution >= 4 is 21.6 Å². The zero-order valence-electron chi connectivity index (χ0n) is 16.3. The summed E-state index contributed by atoms with van der Waals surface area (Å²) in [6, 6.07) is 13.5. The van der Waals surface area contributed by atoms with Gasteiger partial charge in [-0.1, -0.05) is 41.9 Å². The molecule has 0 bridgehead atoms. The molecule has 0 N–H and O–H groups in total. The second-order valence-corrected chi connectivity index (χ2v) is 9.48. The Morgan fingerprint density at radius 1 is 1.00 bits per heavy atom. The molecule has 6 nitrogen and oxygen atoms in total. The van der Waals surface area contributed by atoms with Crippen molar-refractivity contribution in [1.29, 1.82) is 0 Å². The van der Waals surface area contributed by atoms with Crippen LogP contribution in [0.15, 0.2) is 65.8 Å². The van der Waals surface area contributed by atoms with Crippen LogP contribution in [0.2, 0.25) is 5.02 Å². The number of imidazole rings is 1. The molecular weight excluding hydrogens is 427 g/mol. The molecule has 2 aromatic carbocycles. The standard InChI is InChI=1S/C21H22ClFN4O2S/c22-19-16-18(6-7-20(19)23)30(28,29)27-14-11-25(12-15-27)10-13-26-9-8-24-21(26)17-4-2-1-3-5-17/h1-9,16H,10-15H2. The van der Waals surface area contributed by atoms with Gasteiger partial charge in [-0.2, -0.15) is 4.31 Å². The third-order valence-corrected chi connectivity index (χ3v) is 7.45. The zero-order valence-corrected chi connectivity index (χ0v) is 17.9. The molecule has 3 aromatic rings. The van der Waals surface area contributed by atoms with Crippen molar-refractivity contribution in [2.45, 2.75) is 11.4 Å². The normalized spacial score (nSPS) is 16.1. The average Bonchev–Trinajstić information content (AvgIpc) is 3.24. The summed E-state index contributed by atoms with van der Waals surface area (Å²) >= 11 is 5.76. The summed E-state index contributed by atoms with van der Waals surface area (Å²) < 4.78 is 42.5. The summed E-state index contributed by atoms with van der Waals surface area (Å²) in [4.78, 5) is 6.72. The van der Waals surface area contributed by atoms with Crippen LogP contribution in [0.3, 0.4) is 0 Å². The summed E-state index contributed by atoms with van der Waals surface area (Å²) in [6.07, 6.45) is 3.75. The van der Waals surface area contributed by atoms with Gasteiger partial charge < -0.3 is 4.57 Å². The van der Waals surface area contributed by atoms with Crippen LogP contribution in [0.1, 0.15) is 0 Å². The third kappa shape index (κ3) is 4.41. The van der Waals surface area contributed by atoms with Gasteiger partial charge in [-0.25, -0.2) is 17.8 Å². The van der Waals surface area contributed by atoms with Crippen LogP contribution in [-0.4, -0.2) is 59.9 Å². The molecule has 9 heteroatoms. The fourth-order valence-corrected chi connectivity index (χ4v) is 5.26. The first-order valence-corrected chi connectivity index (χ1v) is 11.5. The lowest BCUT2D eigenvalue weighted by molar-refractivity contribution is 0.183. The molecule has 0 unspecified atom stereocenters. The van der Waals surface area contributed by atoms with Crippen LogP contribution in [0.4, 0.5) is 4.39 Å². The molecule has 30 heavy (non-hydrogen) atoms. The number of hydrogen-bond donors (Lipinski definition) is 0. The Bertz CT molecular complexity index is 1110. The number of hydrogen-bond acceptors (Lipinski definition) is 4. The quantitative estimate of drug-likeness (QED) is 0.580. The van der Waals surface area contributed by atoms with Crippen molar-refractivity contribution in [3.05, 3.63) is 71.8 Å². The van der Waals surface area contributed by atoms with Crippen molar-refractivity contribution in [2.24, 2.45) is 0 Å². The van der Waals surface area contributed by atoms with Gasteiger partial charge in [0.25, 0.3) is 0 Å². The number of nitrogens with zero attached hydrogens (tertiary/aromatic N) is 4. The monoisotopic (exact) mass is 448 g/mol. The number of sulfonamides is 1. The van der Waals surface area contributed by atoms with Crippen LogP contribution >= 0.6 is 11.6 Å². The number of aromatic nitrogens is 2. The predicted molar refractivity (Wildman–Crippen MR) is 114 cm³/mol. The topological polar surface area (TPSA) is 58.4 Å². The lowest BCUT2D eigenvalue weighted by Crippen LogP contribution is -2.49. The van der Waals surface area contributed by atoms with Crippen LogP contribution in [-0.2, 0) is 16.6 Å². The van der Waals surface area contributed by atoms with E-state index in [0.717, 1.165) is 30.5 Å². The molecular formula is C21H22ClFN4O2S. The minimum absolute atomic E-state index is 0.0215. The van der Waals surface area contributed by atoms with E-state index in [1.54, 1.807) is 6.20 Å². The molecule has 158 valence electrons. The molecule has 2 heterocycles. The van der Waals surface area contributed by atoms with E-state index in [0.29, 0.717) is 26.2 Å². The largest absolute Gasteiger partial charge is 0.330 e. The lowest BCUT2D eigenvalue weighted by atomic mass is 10.2. The molecule has 0 spiro atoms. The van der Waals surface area contributed by atoms with E-state index in [9.17, 15) is 12.8 Å². The minimum atomic E-state index is -3.69. The summed E-state index contributed by atoms with van der Waals surface area (Å²) in [6.45, 7) is 3.59. The summed E-state index contributed by atoms with van der Waals surface area (Å²) in [5, 5.41) is -0.190. The Morgan fingerprint density at radius 3 is 2.43 bits per heavy atom.